The van der Waals surface area contributed by atoms with Gasteiger partial charge < -0.3 is 15.3 Å². The lowest BCUT2D eigenvalue weighted by atomic mass is 9.84. The largest absolute Gasteiger partial charge is 0.481 e. The molecule has 0 aromatic carbocycles. The Hall–Kier alpha value is -0.810. The van der Waals surface area contributed by atoms with Gasteiger partial charge in [-0.3, -0.25) is 9.59 Å². The zero-order chi connectivity index (χ0) is 14.7. The number of halogens is 1. The predicted molar refractivity (Wildman–Crippen MR) is 83.5 cm³/mol. The highest BCUT2D eigenvalue weighted by Crippen LogP contribution is 2.29. The van der Waals surface area contributed by atoms with E-state index in [1.807, 2.05) is 0 Å². The summed E-state index contributed by atoms with van der Waals surface area (Å²) in [4.78, 5) is 24.9. The molecule has 2 aliphatic rings. The topological polar surface area (TPSA) is 69.6 Å². The van der Waals surface area contributed by atoms with Crippen LogP contribution >= 0.6 is 12.4 Å². The van der Waals surface area contributed by atoms with Crippen LogP contribution in [0.25, 0.3) is 0 Å². The summed E-state index contributed by atoms with van der Waals surface area (Å²) in [6.45, 7) is 6.60. The maximum Gasteiger partial charge on any atom is 0.304 e. The Morgan fingerprint density at radius 2 is 1.95 bits per heavy atom. The molecule has 1 saturated heterocycles. The van der Waals surface area contributed by atoms with Crippen molar-refractivity contribution in [2.45, 2.75) is 45.6 Å². The van der Waals surface area contributed by atoms with Crippen molar-refractivity contribution >= 4 is 24.3 Å². The van der Waals surface area contributed by atoms with Gasteiger partial charge in [-0.05, 0) is 24.7 Å². The molecule has 0 aromatic heterocycles. The van der Waals surface area contributed by atoms with Crippen molar-refractivity contribution in [3.8, 4) is 0 Å². The number of likely N-dealkylation sites (tertiary alicyclic amines) is 1. The zero-order valence-corrected chi connectivity index (χ0v) is 13.7. The summed E-state index contributed by atoms with van der Waals surface area (Å²) in [5.41, 5.74) is 0. The molecule has 2 N–H and O–H groups in total. The number of nitrogens with one attached hydrogen (secondary N) is 1. The molecule has 1 aliphatic carbocycles. The molecule has 0 bridgehead atoms. The van der Waals surface area contributed by atoms with Gasteiger partial charge in [0.15, 0.2) is 0 Å². The van der Waals surface area contributed by atoms with Gasteiger partial charge in [0.25, 0.3) is 0 Å². The van der Waals surface area contributed by atoms with Crippen molar-refractivity contribution in [3.05, 3.63) is 0 Å². The van der Waals surface area contributed by atoms with Crippen LogP contribution in [0.15, 0.2) is 0 Å². The van der Waals surface area contributed by atoms with Gasteiger partial charge in [0.1, 0.15) is 0 Å². The van der Waals surface area contributed by atoms with Gasteiger partial charge >= 0.3 is 5.97 Å². The molecular formula is C15H27ClN2O3. The second kappa shape index (κ2) is 7.99. The fourth-order valence-corrected chi connectivity index (χ4v) is 3.15. The maximum absolute atomic E-state index is 12.1. The van der Waals surface area contributed by atoms with Crippen molar-refractivity contribution < 1.29 is 14.7 Å². The molecule has 5 nitrogen and oxygen atoms in total. The third kappa shape index (κ3) is 4.85. The Morgan fingerprint density at radius 1 is 1.29 bits per heavy atom. The van der Waals surface area contributed by atoms with Gasteiger partial charge in [0.05, 0.1) is 6.42 Å². The minimum absolute atomic E-state index is 0. The van der Waals surface area contributed by atoms with E-state index in [4.69, 9.17) is 5.11 Å². The lowest BCUT2D eigenvalue weighted by Crippen LogP contribution is -2.46. The molecular weight excluding hydrogens is 292 g/mol. The van der Waals surface area contributed by atoms with Crippen LogP contribution in [0.2, 0.25) is 0 Å². The highest BCUT2D eigenvalue weighted by atomic mass is 35.5. The minimum Gasteiger partial charge on any atom is -0.481 e. The van der Waals surface area contributed by atoms with Crippen molar-refractivity contribution in [3.63, 3.8) is 0 Å². The molecule has 1 aliphatic heterocycles. The van der Waals surface area contributed by atoms with E-state index in [2.05, 4.69) is 24.1 Å². The predicted octanol–water partition coefficient (Wildman–Crippen LogP) is 1.76. The summed E-state index contributed by atoms with van der Waals surface area (Å²) in [5.74, 6) is 0.584. The first kappa shape index (κ1) is 18.2. The Balaban J connectivity index is 0.00000220. The third-order valence-electron chi connectivity index (χ3n) is 4.74. The summed E-state index contributed by atoms with van der Waals surface area (Å²) in [5, 5.41) is 12.0. The highest BCUT2D eigenvalue weighted by molar-refractivity contribution is 5.85. The number of carboxylic acids is 1. The SMILES string of the molecule is CC(C)[C@H]1CN(CCC(=O)O)C[C@@H]1NC(=O)C1CCC1.Cl. The average Bonchev–Trinajstić information content (AvgIpc) is 2.67. The average molecular weight is 319 g/mol. The van der Waals surface area contributed by atoms with Crippen LogP contribution in [0.4, 0.5) is 0 Å². The monoisotopic (exact) mass is 318 g/mol. The number of carboxylic acid groups (broad SMARTS) is 1. The van der Waals surface area contributed by atoms with Crippen molar-refractivity contribution in [1.82, 2.24) is 10.2 Å². The van der Waals surface area contributed by atoms with E-state index in [1.165, 1.54) is 6.42 Å². The molecule has 2 atom stereocenters. The van der Waals surface area contributed by atoms with Gasteiger partial charge in [-0.1, -0.05) is 20.3 Å². The lowest BCUT2D eigenvalue weighted by molar-refractivity contribution is -0.137. The number of nitrogens with zero attached hydrogens (tertiary/aromatic N) is 1. The molecule has 2 rings (SSSR count). The zero-order valence-electron chi connectivity index (χ0n) is 12.9. The Kier molecular flexibility index (Phi) is 6.94. The Labute approximate surface area is 132 Å². The highest BCUT2D eigenvalue weighted by Gasteiger charge is 2.37. The number of hydrogen-bond donors (Lipinski definition) is 2. The van der Waals surface area contributed by atoms with Gasteiger partial charge in [-0.15, -0.1) is 12.4 Å². The van der Waals surface area contributed by atoms with Crippen LogP contribution in [-0.2, 0) is 9.59 Å². The van der Waals surface area contributed by atoms with Gasteiger partial charge in [0.2, 0.25) is 5.91 Å². The Morgan fingerprint density at radius 3 is 2.43 bits per heavy atom. The third-order valence-corrected chi connectivity index (χ3v) is 4.74. The van der Waals surface area contributed by atoms with Gasteiger partial charge in [0, 0.05) is 31.6 Å². The van der Waals surface area contributed by atoms with Gasteiger partial charge in [-0.2, -0.15) is 0 Å². The number of rotatable bonds is 6. The van der Waals surface area contributed by atoms with Crippen LogP contribution in [0.5, 0.6) is 0 Å². The molecule has 122 valence electrons. The molecule has 1 amide bonds. The van der Waals surface area contributed by atoms with E-state index in [-0.39, 0.29) is 36.7 Å². The van der Waals surface area contributed by atoms with Crippen LogP contribution in [0.3, 0.4) is 0 Å². The summed E-state index contributed by atoms with van der Waals surface area (Å²) in [6.07, 6.45) is 3.39. The van der Waals surface area contributed by atoms with Crippen LogP contribution < -0.4 is 5.32 Å². The maximum atomic E-state index is 12.1. The number of carbonyl (C=O) groups is 2. The molecule has 0 spiro atoms. The molecule has 6 heteroatoms. The first-order chi connectivity index (χ1) is 9.47. The van der Waals surface area contributed by atoms with Crippen LogP contribution in [-0.4, -0.2) is 47.6 Å². The molecule has 1 saturated carbocycles. The number of carbonyl (C=O) groups excluding carboxylic acids is 1. The molecule has 0 aromatic rings. The quantitative estimate of drug-likeness (QED) is 0.783. The summed E-state index contributed by atoms with van der Waals surface area (Å²) >= 11 is 0. The number of hydrogen-bond acceptors (Lipinski definition) is 3. The van der Waals surface area contributed by atoms with Crippen molar-refractivity contribution in [1.29, 1.82) is 0 Å². The fourth-order valence-electron chi connectivity index (χ4n) is 3.15. The fraction of sp³-hybridized carbons (Fsp3) is 0.867. The number of aliphatic carboxylic acids is 1. The van der Waals surface area contributed by atoms with E-state index in [0.29, 0.717) is 18.4 Å². The van der Waals surface area contributed by atoms with Crippen LogP contribution in [0, 0.1) is 17.8 Å². The second-order valence-electron chi connectivity index (χ2n) is 6.55. The van der Waals surface area contributed by atoms with E-state index in [1.54, 1.807) is 0 Å². The molecule has 0 radical (unpaired) electrons. The lowest BCUT2D eigenvalue weighted by Gasteiger charge is -2.29. The molecule has 1 heterocycles. The number of amides is 1. The molecule has 0 unspecified atom stereocenters. The first-order valence-corrected chi connectivity index (χ1v) is 7.72. The van der Waals surface area contributed by atoms with Crippen LogP contribution in [0.1, 0.15) is 39.5 Å². The summed E-state index contributed by atoms with van der Waals surface area (Å²) in [7, 11) is 0. The van der Waals surface area contributed by atoms with Crippen molar-refractivity contribution in [2.24, 2.45) is 17.8 Å². The molecule has 21 heavy (non-hydrogen) atoms. The standard InChI is InChI=1S/C15H26N2O3.ClH/c1-10(2)12-8-17(7-6-14(18)19)9-13(12)16-15(20)11-4-3-5-11;/h10-13H,3-9H2,1-2H3,(H,16,20)(H,18,19);1H/t12-,13+;/m1./s1. The smallest absolute Gasteiger partial charge is 0.304 e. The minimum atomic E-state index is -0.756. The van der Waals surface area contributed by atoms with E-state index in [9.17, 15) is 9.59 Å². The summed E-state index contributed by atoms with van der Waals surface area (Å²) < 4.78 is 0. The first-order valence-electron chi connectivity index (χ1n) is 7.72. The molecule has 2 fully saturated rings. The van der Waals surface area contributed by atoms with E-state index in [0.717, 1.165) is 25.9 Å². The van der Waals surface area contributed by atoms with E-state index < -0.39 is 5.97 Å². The normalized spacial score (nSPS) is 26.2. The summed E-state index contributed by atoms with van der Waals surface area (Å²) in [6, 6.07) is 0.178. The Bertz CT molecular complexity index is 372. The van der Waals surface area contributed by atoms with Gasteiger partial charge in [-0.25, -0.2) is 0 Å². The second-order valence-corrected chi connectivity index (χ2v) is 6.55. The van der Waals surface area contributed by atoms with E-state index >= 15 is 0 Å². The van der Waals surface area contributed by atoms with Crippen molar-refractivity contribution in [2.75, 3.05) is 19.6 Å².